The fourth-order valence-corrected chi connectivity index (χ4v) is 3.03. The van der Waals surface area contributed by atoms with Gasteiger partial charge < -0.3 is 5.32 Å². The normalized spacial score (nSPS) is 17.2. The maximum Gasteiger partial charge on any atom is 0.0380 e. The van der Waals surface area contributed by atoms with Crippen LogP contribution in [0.4, 0.5) is 5.69 Å². The molecule has 0 bridgehead atoms. The second-order valence-electron chi connectivity index (χ2n) is 6.64. The summed E-state index contributed by atoms with van der Waals surface area (Å²) in [7, 11) is 0. The van der Waals surface area contributed by atoms with E-state index in [0.717, 1.165) is 0 Å². The Bertz CT molecular complexity index is 400. The van der Waals surface area contributed by atoms with E-state index < -0.39 is 0 Å². The molecule has 1 aromatic rings. The van der Waals surface area contributed by atoms with E-state index in [1.165, 1.54) is 48.9 Å². The SMILES string of the molecule is CC(C)c1ccc(C(C)C)c(NC2CCCCC2)c1. The first kappa shape index (κ1) is 14.4. The molecule has 0 unspecified atom stereocenters. The van der Waals surface area contributed by atoms with Crippen molar-refractivity contribution in [3.05, 3.63) is 29.3 Å². The number of hydrogen-bond acceptors (Lipinski definition) is 1. The number of anilines is 1. The lowest BCUT2D eigenvalue weighted by atomic mass is 9.92. The summed E-state index contributed by atoms with van der Waals surface area (Å²) in [6.45, 7) is 9.12. The van der Waals surface area contributed by atoms with E-state index in [-0.39, 0.29) is 0 Å². The maximum atomic E-state index is 3.83. The van der Waals surface area contributed by atoms with Crippen LogP contribution in [0.2, 0.25) is 0 Å². The zero-order valence-electron chi connectivity index (χ0n) is 13.0. The van der Waals surface area contributed by atoms with E-state index in [9.17, 15) is 0 Å². The van der Waals surface area contributed by atoms with E-state index >= 15 is 0 Å². The molecule has 1 heteroatoms. The zero-order chi connectivity index (χ0) is 13.8. The molecule has 0 aromatic heterocycles. The summed E-state index contributed by atoms with van der Waals surface area (Å²) in [6.07, 6.45) is 6.87. The Balaban J connectivity index is 2.21. The van der Waals surface area contributed by atoms with Gasteiger partial charge in [-0.05, 0) is 41.9 Å². The number of hydrogen-bond donors (Lipinski definition) is 1. The molecule has 1 aromatic carbocycles. The second kappa shape index (κ2) is 6.45. The van der Waals surface area contributed by atoms with Crippen molar-refractivity contribution in [2.45, 2.75) is 77.7 Å². The molecule has 0 amide bonds. The molecule has 0 heterocycles. The highest BCUT2D eigenvalue weighted by Crippen LogP contribution is 2.30. The van der Waals surface area contributed by atoms with Gasteiger partial charge in [0.15, 0.2) is 0 Å². The van der Waals surface area contributed by atoms with Gasteiger partial charge in [-0.25, -0.2) is 0 Å². The molecule has 0 saturated heterocycles. The molecule has 1 aliphatic rings. The van der Waals surface area contributed by atoms with Gasteiger partial charge in [0.05, 0.1) is 0 Å². The fourth-order valence-electron chi connectivity index (χ4n) is 3.03. The van der Waals surface area contributed by atoms with Gasteiger partial charge in [0.2, 0.25) is 0 Å². The summed E-state index contributed by atoms with van der Waals surface area (Å²) in [5, 5.41) is 3.83. The van der Waals surface area contributed by atoms with Crippen LogP contribution >= 0.6 is 0 Å². The minimum Gasteiger partial charge on any atom is -0.382 e. The third-order valence-electron chi connectivity index (χ3n) is 4.33. The lowest BCUT2D eigenvalue weighted by molar-refractivity contribution is 0.462. The van der Waals surface area contributed by atoms with Crippen LogP contribution in [0.25, 0.3) is 0 Å². The summed E-state index contributed by atoms with van der Waals surface area (Å²) in [5.41, 5.74) is 4.30. The summed E-state index contributed by atoms with van der Waals surface area (Å²) in [6, 6.07) is 7.69. The van der Waals surface area contributed by atoms with E-state index in [0.29, 0.717) is 17.9 Å². The van der Waals surface area contributed by atoms with Gasteiger partial charge in [-0.1, -0.05) is 59.1 Å². The van der Waals surface area contributed by atoms with Crippen LogP contribution in [0.5, 0.6) is 0 Å². The molecule has 106 valence electrons. The first-order chi connectivity index (χ1) is 9.08. The Morgan fingerprint density at radius 2 is 1.63 bits per heavy atom. The van der Waals surface area contributed by atoms with Crippen molar-refractivity contribution in [1.82, 2.24) is 0 Å². The van der Waals surface area contributed by atoms with Gasteiger partial charge >= 0.3 is 0 Å². The highest BCUT2D eigenvalue weighted by atomic mass is 14.9. The Labute approximate surface area is 118 Å². The minimum absolute atomic E-state index is 0.590. The van der Waals surface area contributed by atoms with Crippen molar-refractivity contribution in [3.8, 4) is 0 Å². The molecule has 19 heavy (non-hydrogen) atoms. The summed E-state index contributed by atoms with van der Waals surface area (Å²) >= 11 is 0. The second-order valence-corrected chi connectivity index (χ2v) is 6.64. The van der Waals surface area contributed by atoms with Gasteiger partial charge in [-0.15, -0.1) is 0 Å². The quantitative estimate of drug-likeness (QED) is 0.733. The smallest absolute Gasteiger partial charge is 0.0380 e. The molecule has 1 aliphatic carbocycles. The van der Waals surface area contributed by atoms with E-state index in [1.807, 2.05) is 0 Å². The predicted octanol–water partition coefficient (Wildman–Crippen LogP) is 5.68. The zero-order valence-corrected chi connectivity index (χ0v) is 13.0. The van der Waals surface area contributed by atoms with Gasteiger partial charge in [-0.3, -0.25) is 0 Å². The number of rotatable bonds is 4. The Morgan fingerprint density at radius 3 is 2.21 bits per heavy atom. The van der Waals surface area contributed by atoms with Crippen molar-refractivity contribution in [2.75, 3.05) is 5.32 Å². The minimum atomic E-state index is 0.590. The Kier molecular flexibility index (Phi) is 4.90. The van der Waals surface area contributed by atoms with Gasteiger partial charge in [0.1, 0.15) is 0 Å². The first-order valence-electron chi connectivity index (χ1n) is 7.98. The molecule has 1 nitrogen and oxygen atoms in total. The average Bonchev–Trinajstić information content (AvgIpc) is 2.39. The van der Waals surface area contributed by atoms with Crippen LogP contribution < -0.4 is 5.32 Å². The van der Waals surface area contributed by atoms with Crippen LogP contribution in [-0.4, -0.2) is 6.04 Å². The molecule has 1 saturated carbocycles. The van der Waals surface area contributed by atoms with Crippen LogP contribution in [0, 0.1) is 0 Å². The molecule has 1 N–H and O–H groups in total. The van der Waals surface area contributed by atoms with Crippen molar-refractivity contribution >= 4 is 5.69 Å². The highest BCUT2D eigenvalue weighted by Gasteiger charge is 2.16. The van der Waals surface area contributed by atoms with Crippen molar-refractivity contribution in [3.63, 3.8) is 0 Å². The van der Waals surface area contributed by atoms with Gasteiger partial charge in [0, 0.05) is 11.7 Å². The molecular weight excluding hydrogens is 230 g/mol. The number of benzene rings is 1. The molecular formula is C18H29N. The standard InChI is InChI=1S/C18H29N/c1-13(2)15-10-11-17(14(3)4)18(12-15)19-16-8-6-5-7-9-16/h10-14,16,19H,5-9H2,1-4H3. The van der Waals surface area contributed by atoms with Crippen LogP contribution in [0.3, 0.4) is 0 Å². The largest absolute Gasteiger partial charge is 0.382 e. The third-order valence-corrected chi connectivity index (χ3v) is 4.33. The lowest BCUT2D eigenvalue weighted by Gasteiger charge is -2.26. The monoisotopic (exact) mass is 259 g/mol. The predicted molar refractivity (Wildman–Crippen MR) is 85.1 cm³/mol. The Morgan fingerprint density at radius 1 is 0.947 bits per heavy atom. The molecule has 0 aliphatic heterocycles. The van der Waals surface area contributed by atoms with Crippen molar-refractivity contribution < 1.29 is 0 Å². The summed E-state index contributed by atoms with van der Waals surface area (Å²) < 4.78 is 0. The summed E-state index contributed by atoms with van der Waals surface area (Å²) in [4.78, 5) is 0. The third kappa shape index (κ3) is 3.75. The van der Waals surface area contributed by atoms with Gasteiger partial charge in [-0.2, -0.15) is 0 Å². The Hall–Kier alpha value is -0.980. The maximum absolute atomic E-state index is 3.83. The summed E-state index contributed by atoms with van der Waals surface area (Å²) in [5.74, 6) is 1.19. The average molecular weight is 259 g/mol. The molecule has 2 rings (SSSR count). The fraction of sp³-hybridized carbons (Fsp3) is 0.667. The molecule has 0 atom stereocenters. The van der Waals surface area contributed by atoms with Crippen LogP contribution in [0.15, 0.2) is 18.2 Å². The molecule has 1 fully saturated rings. The first-order valence-corrected chi connectivity index (χ1v) is 7.98. The van der Waals surface area contributed by atoms with E-state index in [2.05, 4.69) is 51.2 Å². The van der Waals surface area contributed by atoms with E-state index in [4.69, 9.17) is 0 Å². The van der Waals surface area contributed by atoms with Gasteiger partial charge in [0.25, 0.3) is 0 Å². The van der Waals surface area contributed by atoms with Crippen molar-refractivity contribution in [1.29, 1.82) is 0 Å². The van der Waals surface area contributed by atoms with Crippen LogP contribution in [-0.2, 0) is 0 Å². The number of nitrogens with one attached hydrogen (secondary N) is 1. The highest BCUT2D eigenvalue weighted by molar-refractivity contribution is 5.55. The van der Waals surface area contributed by atoms with Crippen LogP contribution in [0.1, 0.15) is 82.8 Å². The van der Waals surface area contributed by atoms with Crippen molar-refractivity contribution in [2.24, 2.45) is 0 Å². The van der Waals surface area contributed by atoms with E-state index in [1.54, 1.807) is 0 Å². The topological polar surface area (TPSA) is 12.0 Å². The molecule has 0 spiro atoms. The molecule has 0 radical (unpaired) electrons. The lowest BCUT2D eigenvalue weighted by Crippen LogP contribution is -2.23.